The monoisotopic (exact) mass is 366 g/mol. The molecule has 3 aliphatic rings. The fourth-order valence-electron chi connectivity index (χ4n) is 4.45. The van der Waals surface area contributed by atoms with E-state index in [4.69, 9.17) is 4.98 Å². The molecule has 0 bridgehead atoms. The van der Waals surface area contributed by atoms with Gasteiger partial charge in [-0.25, -0.2) is 4.98 Å². The maximum Gasteiger partial charge on any atom is 0.229 e. The Kier molecular flexibility index (Phi) is 4.11. The Balaban J connectivity index is 1.38. The highest BCUT2D eigenvalue weighted by atomic mass is 16.2. The van der Waals surface area contributed by atoms with E-state index >= 15 is 0 Å². The van der Waals surface area contributed by atoms with Crippen molar-refractivity contribution in [2.24, 2.45) is 5.92 Å². The molecule has 5 rings (SSSR count). The van der Waals surface area contributed by atoms with Crippen LogP contribution in [0.4, 0.5) is 5.82 Å². The minimum absolute atomic E-state index is 0.0923. The van der Waals surface area contributed by atoms with Crippen molar-refractivity contribution in [1.82, 2.24) is 24.8 Å². The van der Waals surface area contributed by atoms with Crippen molar-refractivity contribution in [2.45, 2.75) is 25.7 Å². The Morgan fingerprint density at radius 2 is 1.93 bits per heavy atom. The Labute approximate surface area is 159 Å². The van der Waals surface area contributed by atoms with Crippen LogP contribution in [0.3, 0.4) is 0 Å². The van der Waals surface area contributed by atoms with Gasteiger partial charge < -0.3 is 15.1 Å². The number of carbonyl (C=O) groups is 1. The number of anilines is 1. The van der Waals surface area contributed by atoms with E-state index in [2.05, 4.69) is 21.9 Å². The molecule has 5 heterocycles. The lowest BCUT2D eigenvalue weighted by atomic mass is 9.95. The van der Waals surface area contributed by atoms with E-state index < -0.39 is 0 Å². The summed E-state index contributed by atoms with van der Waals surface area (Å²) in [5.74, 6) is 1.53. The Bertz CT molecular complexity index is 887. The second-order valence-electron chi connectivity index (χ2n) is 7.89. The molecule has 2 aromatic rings. The number of nitrogens with zero attached hydrogens (tertiary/aromatic N) is 5. The van der Waals surface area contributed by atoms with Gasteiger partial charge in [0.2, 0.25) is 5.91 Å². The van der Waals surface area contributed by atoms with E-state index in [-0.39, 0.29) is 5.92 Å². The van der Waals surface area contributed by atoms with Crippen LogP contribution in [0.25, 0.3) is 5.65 Å². The van der Waals surface area contributed by atoms with Gasteiger partial charge in [-0.1, -0.05) is 12.2 Å². The summed E-state index contributed by atoms with van der Waals surface area (Å²) < 4.78 is 1.95. The molecule has 0 atom stereocenters. The molecule has 2 aromatic heterocycles. The van der Waals surface area contributed by atoms with Crippen LogP contribution in [0.5, 0.6) is 0 Å². The van der Waals surface area contributed by atoms with Gasteiger partial charge in [-0.15, -0.1) is 0 Å². The second kappa shape index (κ2) is 6.64. The van der Waals surface area contributed by atoms with E-state index in [9.17, 15) is 4.79 Å². The van der Waals surface area contributed by atoms with Crippen LogP contribution in [0.2, 0.25) is 0 Å². The largest absolute Gasteiger partial charge is 0.354 e. The number of hydrogen-bond donors (Lipinski definition) is 1. The molecule has 2 saturated heterocycles. The number of likely N-dealkylation sites (tertiary alicyclic amines) is 1. The predicted molar refractivity (Wildman–Crippen MR) is 104 cm³/mol. The van der Waals surface area contributed by atoms with Crippen molar-refractivity contribution in [1.29, 1.82) is 0 Å². The lowest BCUT2D eigenvalue weighted by Crippen LogP contribution is -2.56. The molecular formula is C20H26N6O. The summed E-state index contributed by atoms with van der Waals surface area (Å²) in [5.41, 5.74) is 4.63. The van der Waals surface area contributed by atoms with Crippen LogP contribution >= 0.6 is 0 Å². The van der Waals surface area contributed by atoms with Gasteiger partial charge >= 0.3 is 0 Å². The highest BCUT2D eigenvalue weighted by Gasteiger charge is 2.38. The van der Waals surface area contributed by atoms with Gasteiger partial charge in [-0.3, -0.25) is 4.79 Å². The summed E-state index contributed by atoms with van der Waals surface area (Å²) in [6.07, 6.45) is 5.60. The first-order valence-corrected chi connectivity index (χ1v) is 9.97. The van der Waals surface area contributed by atoms with Crippen LogP contribution in [-0.2, 0) is 17.6 Å². The molecule has 0 saturated carbocycles. The smallest absolute Gasteiger partial charge is 0.229 e. The van der Waals surface area contributed by atoms with Crippen molar-refractivity contribution >= 4 is 17.4 Å². The lowest BCUT2D eigenvalue weighted by molar-refractivity contribution is -0.136. The third-order valence-electron chi connectivity index (χ3n) is 6.09. The minimum Gasteiger partial charge on any atom is -0.354 e. The van der Waals surface area contributed by atoms with E-state index in [1.165, 1.54) is 16.8 Å². The molecule has 1 amide bonds. The molecular weight excluding hydrogens is 340 g/mol. The van der Waals surface area contributed by atoms with E-state index in [0.717, 1.165) is 76.4 Å². The van der Waals surface area contributed by atoms with Gasteiger partial charge in [-0.2, -0.15) is 9.61 Å². The van der Waals surface area contributed by atoms with Crippen molar-refractivity contribution in [3.05, 3.63) is 35.7 Å². The Hall–Kier alpha value is -2.41. The molecule has 0 unspecified atom stereocenters. The fraction of sp³-hybridized carbons (Fsp3) is 0.550. The maximum atomic E-state index is 12.8. The summed E-state index contributed by atoms with van der Waals surface area (Å²) >= 11 is 0. The molecule has 142 valence electrons. The van der Waals surface area contributed by atoms with Crippen molar-refractivity contribution in [3.63, 3.8) is 0 Å². The first-order valence-electron chi connectivity index (χ1n) is 9.97. The van der Waals surface area contributed by atoms with E-state index in [1.54, 1.807) is 0 Å². The summed E-state index contributed by atoms with van der Waals surface area (Å²) in [6.45, 7) is 9.17. The van der Waals surface area contributed by atoms with Crippen LogP contribution in [0, 0.1) is 5.92 Å². The zero-order valence-corrected chi connectivity index (χ0v) is 15.7. The summed E-state index contributed by atoms with van der Waals surface area (Å²) in [6, 6.07) is 1.96. The summed E-state index contributed by atoms with van der Waals surface area (Å²) in [5, 5.41) is 7.98. The highest BCUT2D eigenvalue weighted by molar-refractivity contribution is 5.82. The predicted octanol–water partition coefficient (Wildman–Crippen LogP) is 1.03. The number of rotatable bonds is 2. The van der Waals surface area contributed by atoms with Gasteiger partial charge in [0.15, 0.2) is 5.65 Å². The number of carbonyl (C=O) groups excluding carboxylic acids is 1. The minimum atomic E-state index is 0.0923. The number of nitrogens with one attached hydrogen (secondary N) is 1. The Morgan fingerprint density at radius 1 is 1.15 bits per heavy atom. The zero-order chi connectivity index (χ0) is 18.4. The highest BCUT2D eigenvalue weighted by Crippen LogP contribution is 2.32. The summed E-state index contributed by atoms with van der Waals surface area (Å²) in [4.78, 5) is 22.0. The first-order chi connectivity index (χ1) is 13.2. The van der Waals surface area contributed by atoms with Gasteiger partial charge in [-0.05, 0) is 25.8 Å². The lowest BCUT2D eigenvalue weighted by Gasteiger charge is -2.43. The van der Waals surface area contributed by atoms with Crippen molar-refractivity contribution in [2.75, 3.05) is 44.2 Å². The first kappa shape index (κ1) is 16.7. The van der Waals surface area contributed by atoms with Gasteiger partial charge in [0, 0.05) is 50.8 Å². The van der Waals surface area contributed by atoms with Gasteiger partial charge in [0.25, 0.3) is 0 Å². The van der Waals surface area contributed by atoms with Gasteiger partial charge in [0.05, 0.1) is 17.8 Å². The Morgan fingerprint density at radius 3 is 2.74 bits per heavy atom. The van der Waals surface area contributed by atoms with Crippen LogP contribution in [-0.4, -0.2) is 64.7 Å². The topological polar surface area (TPSA) is 65.8 Å². The SMILES string of the molecule is C=C1CCN(C(=O)C2CN(c3c4c(nc5ccnn35)CCNCC4)C2)CC1. The second-order valence-corrected chi connectivity index (χ2v) is 7.89. The number of fused-ring (bicyclic) bond motifs is 2. The van der Waals surface area contributed by atoms with Gasteiger partial charge in [0.1, 0.15) is 5.82 Å². The average molecular weight is 366 g/mol. The number of hydrogen-bond acceptors (Lipinski definition) is 5. The maximum absolute atomic E-state index is 12.8. The molecule has 7 heteroatoms. The van der Waals surface area contributed by atoms with E-state index in [0.29, 0.717) is 5.91 Å². The molecule has 3 aliphatic heterocycles. The molecule has 2 fully saturated rings. The zero-order valence-electron chi connectivity index (χ0n) is 15.7. The van der Waals surface area contributed by atoms with Crippen molar-refractivity contribution < 1.29 is 4.79 Å². The molecule has 7 nitrogen and oxygen atoms in total. The molecule has 0 aliphatic carbocycles. The van der Waals surface area contributed by atoms with E-state index in [1.807, 2.05) is 21.7 Å². The van der Waals surface area contributed by atoms with Crippen molar-refractivity contribution in [3.8, 4) is 0 Å². The van der Waals surface area contributed by atoms with Crippen LogP contribution in [0.1, 0.15) is 24.1 Å². The number of piperidine rings is 1. The van der Waals surface area contributed by atoms with Crippen LogP contribution < -0.4 is 10.2 Å². The molecule has 0 spiro atoms. The normalized spacial score (nSPS) is 21.1. The quantitative estimate of drug-likeness (QED) is 0.805. The third-order valence-corrected chi connectivity index (χ3v) is 6.09. The van der Waals surface area contributed by atoms with Crippen LogP contribution in [0.15, 0.2) is 24.4 Å². The molecule has 0 aromatic carbocycles. The summed E-state index contributed by atoms with van der Waals surface area (Å²) in [7, 11) is 0. The average Bonchev–Trinajstić information content (AvgIpc) is 2.97. The molecule has 0 radical (unpaired) electrons. The number of amides is 1. The molecule has 1 N–H and O–H groups in total. The number of aromatic nitrogens is 3. The molecule has 27 heavy (non-hydrogen) atoms. The fourth-order valence-corrected chi connectivity index (χ4v) is 4.45. The standard InChI is InChI=1S/C20H26N6O/c1-14-5-10-24(11-6-14)20(27)15-12-25(13-15)19-16-2-7-21-8-3-17(16)23-18-4-9-22-26(18)19/h4,9,15,21H,1-3,5-8,10-13H2. The third kappa shape index (κ3) is 2.90.